The van der Waals surface area contributed by atoms with E-state index in [2.05, 4.69) is 405 Å². The number of anilines is 12. The maximum atomic E-state index is 5.90. The molecule has 0 bridgehead atoms. The molecule has 1 unspecified atom stereocenters. The Morgan fingerprint density at radius 2 is 0.443 bits per heavy atom. The Balaban J connectivity index is 0.000000173. The third-order valence-electron chi connectivity index (χ3n) is 15.3. The smallest absolute Gasteiger partial charge is 0.265 e. The average Bonchev–Trinajstić information content (AvgIpc) is 1.90. The van der Waals surface area contributed by atoms with Crippen LogP contribution in [0.3, 0.4) is 0 Å². The van der Waals surface area contributed by atoms with Crippen LogP contribution in [0.25, 0.3) is 43.8 Å². The monoisotopic (exact) mass is 1170 g/mol. The first-order chi connectivity index (χ1) is 44.5. The van der Waals surface area contributed by atoms with Crippen molar-refractivity contribution in [3.05, 3.63) is 364 Å². The largest absolute Gasteiger partial charge is 0.344 e. The van der Waals surface area contributed by atoms with Crippen molar-refractivity contribution in [1.29, 1.82) is 2.56 Å². The minimum Gasteiger partial charge on any atom is -0.344 e. The van der Waals surface area contributed by atoms with Crippen molar-refractivity contribution >= 4 is 117 Å². The Labute approximate surface area is 526 Å². The molecule has 14 aromatic rings. The fourth-order valence-corrected chi connectivity index (χ4v) is 11.2. The normalized spacial score (nSPS) is 10.9. The summed E-state index contributed by atoms with van der Waals surface area (Å²) >= 11 is 0. The predicted molar refractivity (Wildman–Crippen MR) is 385 cm³/mol. The molecule has 0 saturated carbocycles. The Kier molecular flexibility index (Phi) is 18.6. The number of nitrogens with zero attached hydrogens (tertiary/aromatic N) is 5. The summed E-state index contributed by atoms with van der Waals surface area (Å²) in [7, 11) is 6.56. The molecule has 0 aliphatic rings. The van der Waals surface area contributed by atoms with E-state index in [0.717, 1.165) is 68.2 Å². The van der Waals surface area contributed by atoms with E-state index in [1.807, 2.05) is 0 Å². The zero-order valence-electron chi connectivity index (χ0n) is 50.5. The number of para-hydroxylation sites is 6. The molecule has 8 heteroatoms. The second-order valence-corrected chi connectivity index (χ2v) is 20.9. The van der Waals surface area contributed by atoms with Crippen LogP contribution in [0.4, 0.5) is 68.2 Å². The molecule has 14 aromatic carbocycles. The molecule has 1 atom stereocenters. The highest BCUT2D eigenvalue weighted by atomic mass is 31.0. The minimum atomic E-state index is -0.417. The Morgan fingerprint density at radius 3 is 0.693 bits per heavy atom. The van der Waals surface area contributed by atoms with Gasteiger partial charge in [0.05, 0.1) is 13.9 Å². The van der Waals surface area contributed by atoms with Crippen molar-refractivity contribution in [2.75, 3.05) is 19.6 Å². The molecule has 0 N–H and O–H groups in total. The lowest BCUT2D eigenvalue weighted by atomic mass is 10.0. The van der Waals surface area contributed by atoms with Crippen LogP contribution in [0, 0.1) is 0 Å². The van der Waals surface area contributed by atoms with E-state index in [9.17, 15) is 0 Å². The molecule has 0 fully saturated rings. The molecule has 422 valence electrons. The summed E-state index contributed by atoms with van der Waals surface area (Å²) in [5.41, 5.74) is 18.4. The van der Waals surface area contributed by atoms with E-state index in [1.165, 1.54) is 43.8 Å². The Bertz CT molecular complexity index is 4110. The lowest BCUT2D eigenvalue weighted by molar-refractivity contribution is 1.28. The summed E-state index contributed by atoms with van der Waals surface area (Å²) in [6.45, 7) is 0. The first-order valence-corrected chi connectivity index (χ1v) is 29.5. The molecule has 14 rings (SSSR count). The van der Waals surface area contributed by atoms with Crippen molar-refractivity contribution in [2.45, 2.75) is 0 Å². The fourth-order valence-electron chi connectivity index (χ4n) is 11.2. The van der Waals surface area contributed by atoms with Crippen molar-refractivity contribution in [2.24, 2.45) is 4.66 Å². The van der Waals surface area contributed by atoms with Crippen molar-refractivity contribution < 1.29 is 0 Å². The molecule has 0 heterocycles. The van der Waals surface area contributed by atoms with Crippen molar-refractivity contribution in [3.8, 4) is 22.3 Å². The van der Waals surface area contributed by atoms with Gasteiger partial charge >= 0.3 is 0 Å². The van der Waals surface area contributed by atoms with Gasteiger partial charge in [-0.3, -0.25) is 0 Å². The van der Waals surface area contributed by atoms with Gasteiger partial charge in [-0.25, -0.2) is 0 Å². The van der Waals surface area contributed by atoms with Crippen molar-refractivity contribution in [3.63, 3.8) is 0 Å². The predicted octanol–water partition coefficient (Wildman–Crippen LogP) is 23.3. The Morgan fingerprint density at radius 1 is 0.261 bits per heavy atom. The van der Waals surface area contributed by atoms with Crippen LogP contribution in [0.5, 0.6) is 0 Å². The SMILES string of the molecule is [2H]P[3H].[B]N=P.c1ccc(N(c2ccc(-c3ccc(N(c4ccccc4)c4cccc5ccccc45)cc3)cc2)c2cccc3ccccc23)cc1.c1ccc(N(c2ccccc2)c2ccc(-c3ccc(N(c4ccccc4)c4ccccc4)cc3)cc2)cc1. The lowest BCUT2D eigenvalue weighted by Gasteiger charge is -2.27. The van der Waals surface area contributed by atoms with E-state index in [4.69, 9.17) is 2.56 Å². The van der Waals surface area contributed by atoms with Gasteiger partial charge in [-0.15, -0.1) is 0 Å². The fraction of sp³-hybridized carbons (Fsp3) is 0. The topological polar surface area (TPSA) is 25.3 Å². The summed E-state index contributed by atoms with van der Waals surface area (Å²) in [6, 6.07) is 129. The standard InChI is InChI=1S/C44H32N2.C36H28N2.BHNP.H3P/c1-3-17-37(18-4-1)45(43-23-11-15-35-13-7-9-21-41(35)43)39-29-25-33(26-30-39)34-27-31-40(32-28-34)46(38-19-5-2-6-20-38)44-24-12-16-36-14-8-10-22-42(36)44;1-5-13-31(14-6-1)37(32-15-7-2-8-16-32)35-25-21-29(22-26-35)30-23-27-36(28-24-30)38(33-17-9-3-10-18-33)34-19-11-4-12-20-34;1-2-3;/h1-32H;1-28H;3H;1H3/i;;;1TD. The molecule has 0 aliphatic carbocycles. The maximum absolute atomic E-state index is 5.90. The van der Waals surface area contributed by atoms with Crippen LogP contribution in [0.2, 0.25) is 0 Å². The highest BCUT2D eigenvalue weighted by Crippen LogP contribution is 2.43. The number of hydrogen-bond acceptors (Lipinski definition) is 5. The third-order valence-corrected chi connectivity index (χ3v) is 15.3. The van der Waals surface area contributed by atoms with Crippen molar-refractivity contribution in [1.82, 2.24) is 0 Å². The quantitative estimate of drug-likeness (QED) is 0.0800. The van der Waals surface area contributed by atoms with E-state index >= 15 is 0 Å². The van der Waals surface area contributed by atoms with Gasteiger partial charge in [0.25, 0.3) is 7.98 Å². The molecular weight excluding hydrogens is 1100 g/mol. The zero-order valence-corrected chi connectivity index (χ0v) is 50.5. The van der Waals surface area contributed by atoms with E-state index in [-0.39, 0.29) is 0 Å². The van der Waals surface area contributed by atoms with Gasteiger partial charge in [-0.2, -0.15) is 9.79 Å². The van der Waals surface area contributed by atoms with Gasteiger partial charge in [0, 0.05) is 67.6 Å². The van der Waals surface area contributed by atoms with Crippen LogP contribution >= 0.6 is 18.8 Å². The van der Waals surface area contributed by atoms with Gasteiger partial charge in [0.1, 0.15) is 0 Å². The summed E-state index contributed by atoms with van der Waals surface area (Å²) in [6.07, 6.45) is 0. The maximum Gasteiger partial charge on any atom is 0.265 e. The number of fused-ring (bicyclic) bond motifs is 2. The molecule has 0 aromatic heterocycles. The van der Waals surface area contributed by atoms with Crippen LogP contribution in [-0.2, 0) is 0 Å². The first-order valence-electron chi connectivity index (χ1n) is 30.1. The third kappa shape index (κ3) is 13.6. The van der Waals surface area contributed by atoms with Crippen LogP contribution in [0.15, 0.2) is 369 Å². The summed E-state index contributed by atoms with van der Waals surface area (Å²) in [4.78, 5) is 9.25. The highest BCUT2D eigenvalue weighted by Gasteiger charge is 2.19. The van der Waals surface area contributed by atoms with Crippen LogP contribution < -0.4 is 19.6 Å². The highest BCUT2D eigenvalue weighted by molar-refractivity contribution is 7.05. The summed E-state index contributed by atoms with van der Waals surface area (Å²) < 4.78 is 14.6. The molecule has 5 nitrogen and oxygen atoms in total. The van der Waals surface area contributed by atoms with Crippen LogP contribution in [0.1, 0.15) is 0 Å². The van der Waals surface area contributed by atoms with Gasteiger partial charge in [0.2, 0.25) is 0 Å². The molecule has 88 heavy (non-hydrogen) atoms. The average molecular weight is 1170 g/mol. The lowest BCUT2D eigenvalue weighted by Crippen LogP contribution is -2.10. The van der Waals surface area contributed by atoms with Gasteiger partial charge in [0.15, 0.2) is 0 Å². The molecule has 0 spiro atoms. The number of rotatable bonds is 14. The first kappa shape index (κ1) is 56.5. The Hall–Kier alpha value is -10.6. The summed E-state index contributed by atoms with van der Waals surface area (Å²) in [5.74, 6) is 0. The molecular formula is C80H64BN5P2. The van der Waals surface area contributed by atoms with Crippen LogP contribution in [-0.4, -0.2) is 10.5 Å². The minimum absolute atomic E-state index is 0.417. The van der Waals surface area contributed by atoms with Gasteiger partial charge < -0.3 is 24.3 Å². The van der Waals surface area contributed by atoms with E-state index in [1.54, 1.807) is 0 Å². The van der Waals surface area contributed by atoms with Gasteiger partial charge in [-0.05, 0) is 176 Å². The molecule has 2 radical (unpaired) electrons. The van der Waals surface area contributed by atoms with E-state index < -0.39 is 9.79 Å². The van der Waals surface area contributed by atoms with Gasteiger partial charge in [-0.1, -0.05) is 231 Å². The summed E-state index contributed by atoms with van der Waals surface area (Å²) in [5, 5.41) is 4.90. The second kappa shape index (κ2) is 29.0. The van der Waals surface area contributed by atoms with E-state index in [0.29, 0.717) is 0 Å². The second-order valence-electron chi connectivity index (χ2n) is 20.7. The zero-order chi connectivity index (χ0) is 61.7. The number of benzene rings is 14. The molecule has 0 aliphatic heterocycles. The molecule has 0 amide bonds. The molecule has 0 saturated heterocycles. The number of hydrogen-bond donors (Lipinski definition) is 0.